The van der Waals surface area contributed by atoms with Gasteiger partial charge in [0.15, 0.2) is 0 Å². The molecule has 0 saturated carbocycles. The number of methoxy groups -OCH3 is 1. The molecule has 0 aromatic carbocycles. The fourth-order valence-corrected chi connectivity index (χ4v) is 0.766. The van der Waals surface area contributed by atoms with Crippen LogP contribution < -0.4 is 4.65 Å². The van der Waals surface area contributed by atoms with E-state index >= 15 is 0 Å². The summed E-state index contributed by atoms with van der Waals surface area (Å²) in [5.74, 6) is -0.106. The molecule has 5 nitrogen and oxygen atoms in total. The lowest BCUT2D eigenvalue weighted by Crippen LogP contribution is -2.05. The first-order valence-corrected chi connectivity index (χ1v) is 3.56. The quantitative estimate of drug-likeness (QED) is 0.503. The molecule has 1 heterocycles. The summed E-state index contributed by atoms with van der Waals surface area (Å²) in [4.78, 5) is 14.7. The Morgan fingerprint density at radius 1 is 1.62 bits per heavy atom. The Morgan fingerprint density at radius 2 is 2.38 bits per heavy atom. The molecule has 1 aromatic heterocycles. The van der Waals surface area contributed by atoms with E-state index < -0.39 is 13.7 Å². The molecule has 1 N–H and O–H groups in total. The van der Waals surface area contributed by atoms with Gasteiger partial charge in [-0.1, -0.05) is 0 Å². The summed E-state index contributed by atoms with van der Waals surface area (Å²) >= 11 is 0. The van der Waals surface area contributed by atoms with E-state index in [0.29, 0.717) is 5.75 Å². The van der Waals surface area contributed by atoms with Gasteiger partial charge in [-0.05, 0) is 12.1 Å². The van der Waals surface area contributed by atoms with Crippen molar-refractivity contribution in [2.24, 2.45) is 0 Å². The second-order valence-electron chi connectivity index (χ2n) is 2.14. The molecule has 0 bridgehead atoms. The molecule has 0 radical (unpaired) electrons. The van der Waals surface area contributed by atoms with Crippen LogP contribution in [0.4, 0.5) is 0 Å². The molecule has 68 valence electrons. The van der Waals surface area contributed by atoms with E-state index in [-0.39, 0.29) is 5.69 Å². The van der Waals surface area contributed by atoms with Crippen molar-refractivity contribution in [3.8, 4) is 5.75 Å². The standard InChI is InChI=1S/C7H8BNO4/c1-12-7(10)6-3-2-5(4-9-6)13-8-11/h2-4,8,11H,1H3. The maximum Gasteiger partial charge on any atom is 0.504 e. The number of esters is 1. The molecular weight excluding hydrogens is 173 g/mol. The monoisotopic (exact) mass is 181 g/mol. The SMILES string of the molecule is COC(=O)c1ccc(OBO)cn1. The minimum absolute atomic E-state index is 0.202. The van der Waals surface area contributed by atoms with Crippen molar-refractivity contribution in [1.29, 1.82) is 0 Å². The lowest BCUT2D eigenvalue weighted by Gasteiger charge is -2.01. The van der Waals surface area contributed by atoms with E-state index in [4.69, 9.17) is 9.68 Å². The van der Waals surface area contributed by atoms with Gasteiger partial charge < -0.3 is 14.4 Å². The molecule has 0 amide bonds. The average Bonchev–Trinajstić information content (AvgIpc) is 2.18. The number of pyridine rings is 1. The summed E-state index contributed by atoms with van der Waals surface area (Å²) in [6, 6.07) is 2.98. The molecule has 0 saturated heterocycles. The fourth-order valence-electron chi connectivity index (χ4n) is 0.766. The van der Waals surface area contributed by atoms with E-state index in [0.717, 1.165) is 0 Å². The highest BCUT2D eigenvalue weighted by Gasteiger charge is 2.05. The number of ether oxygens (including phenoxy) is 1. The first-order valence-electron chi connectivity index (χ1n) is 3.56. The Labute approximate surface area is 75.6 Å². The van der Waals surface area contributed by atoms with Crippen molar-refractivity contribution in [3.63, 3.8) is 0 Å². The van der Waals surface area contributed by atoms with Crippen LogP contribution in [0.5, 0.6) is 5.75 Å². The maximum atomic E-state index is 10.9. The molecule has 0 aliphatic heterocycles. The van der Waals surface area contributed by atoms with Gasteiger partial charge in [-0.3, -0.25) is 0 Å². The van der Waals surface area contributed by atoms with Gasteiger partial charge in [-0.25, -0.2) is 9.78 Å². The number of aromatic nitrogens is 1. The summed E-state index contributed by atoms with van der Waals surface area (Å²) in [5.41, 5.74) is 0.202. The molecule has 0 atom stereocenters. The third-order valence-corrected chi connectivity index (χ3v) is 1.36. The number of carbonyl (C=O) groups is 1. The molecule has 0 spiro atoms. The van der Waals surface area contributed by atoms with Gasteiger partial charge in [0.25, 0.3) is 0 Å². The van der Waals surface area contributed by atoms with Crippen LogP contribution in [0.1, 0.15) is 10.5 Å². The van der Waals surface area contributed by atoms with Gasteiger partial charge in [0.05, 0.1) is 13.3 Å². The molecule has 1 aromatic rings. The number of carbonyl (C=O) groups excluding carboxylic acids is 1. The van der Waals surface area contributed by atoms with E-state index in [2.05, 4.69) is 9.72 Å². The third-order valence-electron chi connectivity index (χ3n) is 1.36. The first-order chi connectivity index (χ1) is 6.27. The van der Waals surface area contributed by atoms with Crippen LogP contribution in [-0.4, -0.2) is 30.8 Å². The highest BCUT2D eigenvalue weighted by molar-refractivity contribution is 6.17. The normalized spacial score (nSPS) is 9.08. The lowest BCUT2D eigenvalue weighted by molar-refractivity contribution is 0.0594. The van der Waals surface area contributed by atoms with E-state index in [1.807, 2.05) is 0 Å². The molecular formula is C7H8BNO4. The first kappa shape index (κ1) is 9.53. The molecule has 13 heavy (non-hydrogen) atoms. The largest absolute Gasteiger partial charge is 0.538 e. The molecule has 0 aliphatic rings. The Morgan fingerprint density at radius 3 is 2.85 bits per heavy atom. The Balaban J connectivity index is 2.75. The van der Waals surface area contributed by atoms with Gasteiger partial charge in [0.2, 0.25) is 0 Å². The summed E-state index contributed by atoms with van der Waals surface area (Å²) in [7, 11) is 0.862. The van der Waals surface area contributed by atoms with Crippen LogP contribution >= 0.6 is 0 Å². The minimum Gasteiger partial charge on any atom is -0.538 e. The smallest absolute Gasteiger partial charge is 0.504 e. The van der Waals surface area contributed by atoms with Crippen LogP contribution in [0.2, 0.25) is 0 Å². The van der Waals surface area contributed by atoms with Crippen molar-refractivity contribution < 1.29 is 19.2 Å². The second-order valence-corrected chi connectivity index (χ2v) is 2.14. The average molecular weight is 181 g/mol. The number of nitrogens with zero attached hydrogens (tertiary/aromatic N) is 1. The zero-order valence-electron chi connectivity index (χ0n) is 7.06. The number of hydrogen-bond donors (Lipinski definition) is 1. The Bertz CT molecular complexity index is 287. The zero-order valence-corrected chi connectivity index (χ0v) is 7.06. The Hall–Kier alpha value is -1.56. The summed E-state index contributed by atoms with van der Waals surface area (Å²) in [5, 5.41) is 8.40. The van der Waals surface area contributed by atoms with Gasteiger partial charge in [-0.15, -0.1) is 0 Å². The van der Waals surface area contributed by atoms with Crippen LogP contribution in [0.3, 0.4) is 0 Å². The summed E-state index contributed by atoms with van der Waals surface area (Å²) < 4.78 is 9.16. The number of hydrogen-bond acceptors (Lipinski definition) is 5. The molecule has 1 rings (SSSR count). The van der Waals surface area contributed by atoms with Gasteiger partial charge in [-0.2, -0.15) is 0 Å². The van der Waals surface area contributed by atoms with E-state index in [9.17, 15) is 4.79 Å². The van der Waals surface area contributed by atoms with Crippen molar-refractivity contribution in [3.05, 3.63) is 24.0 Å². The third kappa shape index (κ3) is 2.45. The van der Waals surface area contributed by atoms with Gasteiger partial charge >= 0.3 is 13.7 Å². The van der Waals surface area contributed by atoms with Crippen molar-refractivity contribution >= 4 is 13.7 Å². The van der Waals surface area contributed by atoms with Crippen molar-refractivity contribution in [2.45, 2.75) is 0 Å². The fraction of sp³-hybridized carbons (Fsp3) is 0.143. The second kappa shape index (κ2) is 4.47. The number of rotatable bonds is 3. The maximum absolute atomic E-state index is 10.9. The predicted molar refractivity (Wildman–Crippen MR) is 45.6 cm³/mol. The topological polar surface area (TPSA) is 68.7 Å². The lowest BCUT2D eigenvalue weighted by atomic mass is 10.3. The molecule has 0 unspecified atom stereocenters. The predicted octanol–water partition coefficient (Wildman–Crippen LogP) is -0.494. The van der Waals surface area contributed by atoms with Gasteiger partial charge in [0, 0.05) is 0 Å². The Kier molecular flexibility index (Phi) is 3.27. The van der Waals surface area contributed by atoms with E-state index in [1.165, 1.54) is 25.4 Å². The highest BCUT2D eigenvalue weighted by Crippen LogP contribution is 2.08. The van der Waals surface area contributed by atoms with Crippen molar-refractivity contribution in [1.82, 2.24) is 4.98 Å². The van der Waals surface area contributed by atoms with Crippen LogP contribution in [0, 0.1) is 0 Å². The molecule has 6 heteroatoms. The van der Waals surface area contributed by atoms with E-state index in [1.54, 1.807) is 0 Å². The summed E-state index contributed by atoms with van der Waals surface area (Å²) in [6.07, 6.45) is 1.34. The highest BCUT2D eigenvalue weighted by atomic mass is 16.5. The van der Waals surface area contributed by atoms with Crippen LogP contribution in [0.25, 0.3) is 0 Å². The molecule has 0 aliphatic carbocycles. The summed E-state index contributed by atoms with van der Waals surface area (Å²) in [6.45, 7) is 0. The minimum atomic E-state index is -0.504. The molecule has 0 fully saturated rings. The zero-order chi connectivity index (χ0) is 9.68. The van der Waals surface area contributed by atoms with Gasteiger partial charge in [0.1, 0.15) is 11.4 Å². The van der Waals surface area contributed by atoms with Crippen LogP contribution in [-0.2, 0) is 4.74 Å². The van der Waals surface area contributed by atoms with Crippen LogP contribution in [0.15, 0.2) is 18.3 Å². The van der Waals surface area contributed by atoms with Crippen molar-refractivity contribution in [2.75, 3.05) is 7.11 Å².